The van der Waals surface area contributed by atoms with Crippen LogP contribution in [-0.2, 0) is 9.47 Å². The lowest BCUT2D eigenvalue weighted by molar-refractivity contribution is -0.0383. The van der Waals surface area contributed by atoms with E-state index in [1.165, 1.54) is 0 Å². The Morgan fingerprint density at radius 2 is 2.42 bits per heavy atom. The van der Waals surface area contributed by atoms with E-state index in [1.54, 1.807) is 0 Å². The minimum absolute atomic E-state index is 0.231. The van der Waals surface area contributed by atoms with Gasteiger partial charge in [0.05, 0.1) is 18.8 Å². The highest BCUT2D eigenvalue weighted by atomic mass is 16.5. The van der Waals surface area contributed by atoms with Gasteiger partial charge in [0.25, 0.3) is 0 Å². The topological polar surface area (TPSA) is 30.5 Å². The quantitative estimate of drug-likeness (QED) is 0.666. The van der Waals surface area contributed by atoms with Crippen molar-refractivity contribution < 1.29 is 9.47 Å². The van der Waals surface area contributed by atoms with Gasteiger partial charge < -0.3 is 14.8 Å². The van der Waals surface area contributed by atoms with Crippen molar-refractivity contribution in [2.45, 2.75) is 32.5 Å². The van der Waals surface area contributed by atoms with Gasteiger partial charge in [-0.2, -0.15) is 0 Å². The maximum Gasteiger partial charge on any atom is 0.0784 e. The predicted molar refractivity (Wildman–Crippen MR) is 48.3 cm³/mol. The summed E-state index contributed by atoms with van der Waals surface area (Å²) in [4.78, 5) is 0. The second-order valence-corrected chi connectivity index (χ2v) is 3.22. The van der Waals surface area contributed by atoms with Crippen molar-refractivity contribution in [2.24, 2.45) is 0 Å². The van der Waals surface area contributed by atoms with Gasteiger partial charge in [0.15, 0.2) is 0 Å². The molecule has 0 aromatic heterocycles. The molecule has 3 heteroatoms. The van der Waals surface area contributed by atoms with E-state index in [-0.39, 0.29) is 6.10 Å². The van der Waals surface area contributed by atoms with E-state index < -0.39 is 0 Å². The number of ether oxygens (including phenoxy) is 2. The fourth-order valence-electron chi connectivity index (χ4n) is 1.40. The van der Waals surface area contributed by atoms with Gasteiger partial charge in [-0.1, -0.05) is 0 Å². The fraction of sp³-hybridized carbons (Fsp3) is 1.00. The molecule has 1 aliphatic rings. The van der Waals surface area contributed by atoms with Crippen molar-refractivity contribution in [1.29, 1.82) is 0 Å². The highest BCUT2D eigenvalue weighted by Gasteiger charge is 2.17. The van der Waals surface area contributed by atoms with Gasteiger partial charge in [-0.05, 0) is 26.8 Å². The summed E-state index contributed by atoms with van der Waals surface area (Å²) in [5.74, 6) is 0. The maximum absolute atomic E-state index is 5.73. The van der Waals surface area contributed by atoms with E-state index in [2.05, 4.69) is 12.2 Å². The molecular formula is C9H19NO2. The van der Waals surface area contributed by atoms with Crippen LogP contribution in [0.15, 0.2) is 0 Å². The molecule has 1 saturated heterocycles. The smallest absolute Gasteiger partial charge is 0.0784 e. The van der Waals surface area contributed by atoms with Crippen LogP contribution in [0.5, 0.6) is 0 Å². The first-order valence-electron chi connectivity index (χ1n) is 4.77. The third-order valence-corrected chi connectivity index (χ3v) is 2.00. The number of hydrogen-bond donors (Lipinski definition) is 1. The SMILES string of the molecule is CCOCC(C)O[C@H]1CCNC1. The van der Waals surface area contributed by atoms with E-state index in [0.717, 1.165) is 26.1 Å². The van der Waals surface area contributed by atoms with Gasteiger partial charge >= 0.3 is 0 Å². The highest BCUT2D eigenvalue weighted by Crippen LogP contribution is 2.06. The summed E-state index contributed by atoms with van der Waals surface area (Å²) in [5.41, 5.74) is 0. The first-order chi connectivity index (χ1) is 5.83. The Bertz CT molecular complexity index is 113. The third-order valence-electron chi connectivity index (χ3n) is 2.00. The molecule has 1 fully saturated rings. The molecule has 72 valence electrons. The van der Waals surface area contributed by atoms with Crippen LogP contribution in [0.2, 0.25) is 0 Å². The average Bonchev–Trinajstić information content (AvgIpc) is 2.53. The summed E-state index contributed by atoms with van der Waals surface area (Å²) < 4.78 is 11.0. The van der Waals surface area contributed by atoms with Crippen molar-refractivity contribution in [3.63, 3.8) is 0 Å². The fourth-order valence-corrected chi connectivity index (χ4v) is 1.40. The zero-order valence-electron chi connectivity index (χ0n) is 8.01. The Hall–Kier alpha value is -0.120. The Morgan fingerprint density at radius 1 is 1.58 bits per heavy atom. The molecule has 0 spiro atoms. The van der Waals surface area contributed by atoms with Gasteiger partial charge in [0.1, 0.15) is 0 Å². The van der Waals surface area contributed by atoms with Gasteiger partial charge in [-0.25, -0.2) is 0 Å². The average molecular weight is 173 g/mol. The van der Waals surface area contributed by atoms with Crippen LogP contribution in [0.25, 0.3) is 0 Å². The monoisotopic (exact) mass is 173 g/mol. The number of hydrogen-bond acceptors (Lipinski definition) is 3. The summed E-state index contributed by atoms with van der Waals surface area (Å²) in [5, 5.41) is 3.27. The standard InChI is InChI=1S/C9H19NO2/c1-3-11-7-8(2)12-9-4-5-10-6-9/h8-10H,3-7H2,1-2H3/t8?,9-/m0/s1. The molecule has 0 bridgehead atoms. The molecule has 3 nitrogen and oxygen atoms in total. The Kier molecular flexibility index (Phi) is 4.58. The van der Waals surface area contributed by atoms with Crippen LogP contribution in [0, 0.1) is 0 Å². The molecular weight excluding hydrogens is 154 g/mol. The Labute approximate surface area is 74.4 Å². The number of nitrogens with one attached hydrogen (secondary N) is 1. The minimum Gasteiger partial charge on any atom is -0.379 e. The second kappa shape index (κ2) is 5.51. The molecule has 0 aromatic rings. The number of rotatable bonds is 5. The molecule has 1 aliphatic heterocycles. The van der Waals surface area contributed by atoms with Crippen molar-refractivity contribution in [3.05, 3.63) is 0 Å². The highest BCUT2D eigenvalue weighted by molar-refractivity contribution is 4.72. The summed E-state index contributed by atoms with van der Waals surface area (Å²) in [7, 11) is 0. The van der Waals surface area contributed by atoms with Crippen molar-refractivity contribution in [1.82, 2.24) is 5.32 Å². The predicted octanol–water partition coefficient (Wildman–Crippen LogP) is 0.790. The molecule has 0 aliphatic carbocycles. The lowest BCUT2D eigenvalue weighted by Gasteiger charge is -2.17. The largest absolute Gasteiger partial charge is 0.379 e. The summed E-state index contributed by atoms with van der Waals surface area (Å²) in [6, 6.07) is 0. The zero-order valence-corrected chi connectivity index (χ0v) is 8.01. The van der Waals surface area contributed by atoms with Crippen molar-refractivity contribution in [2.75, 3.05) is 26.3 Å². The Balaban J connectivity index is 2.03. The molecule has 12 heavy (non-hydrogen) atoms. The third kappa shape index (κ3) is 3.52. The van der Waals surface area contributed by atoms with E-state index in [0.29, 0.717) is 12.7 Å². The molecule has 0 aromatic carbocycles. The van der Waals surface area contributed by atoms with Gasteiger partial charge in [0, 0.05) is 13.2 Å². The molecule has 1 unspecified atom stereocenters. The maximum atomic E-state index is 5.73. The van der Waals surface area contributed by atoms with Crippen LogP contribution >= 0.6 is 0 Å². The lowest BCUT2D eigenvalue weighted by atomic mass is 10.3. The van der Waals surface area contributed by atoms with Crippen molar-refractivity contribution in [3.8, 4) is 0 Å². The van der Waals surface area contributed by atoms with Crippen LogP contribution in [0.1, 0.15) is 20.3 Å². The van der Waals surface area contributed by atoms with Crippen molar-refractivity contribution >= 4 is 0 Å². The summed E-state index contributed by atoms with van der Waals surface area (Å²) in [6.07, 6.45) is 1.77. The van der Waals surface area contributed by atoms with E-state index >= 15 is 0 Å². The first-order valence-corrected chi connectivity index (χ1v) is 4.77. The molecule has 0 saturated carbocycles. The summed E-state index contributed by atoms with van der Waals surface area (Å²) >= 11 is 0. The normalized spacial score (nSPS) is 26.0. The molecule has 2 atom stereocenters. The minimum atomic E-state index is 0.231. The molecule has 0 amide bonds. The van der Waals surface area contributed by atoms with Crippen LogP contribution in [0.3, 0.4) is 0 Å². The molecule has 0 radical (unpaired) electrons. The van der Waals surface area contributed by atoms with Crippen LogP contribution in [0.4, 0.5) is 0 Å². The van der Waals surface area contributed by atoms with Gasteiger partial charge in [-0.3, -0.25) is 0 Å². The Morgan fingerprint density at radius 3 is 3.00 bits per heavy atom. The first kappa shape index (κ1) is 9.96. The zero-order chi connectivity index (χ0) is 8.81. The lowest BCUT2D eigenvalue weighted by Crippen LogP contribution is -2.25. The molecule has 1 heterocycles. The van der Waals surface area contributed by atoms with Crippen LogP contribution in [-0.4, -0.2) is 38.5 Å². The van der Waals surface area contributed by atoms with E-state index in [9.17, 15) is 0 Å². The second-order valence-electron chi connectivity index (χ2n) is 3.22. The van der Waals surface area contributed by atoms with E-state index in [1.807, 2.05) is 6.92 Å². The van der Waals surface area contributed by atoms with Crippen LogP contribution < -0.4 is 5.32 Å². The molecule has 1 N–H and O–H groups in total. The molecule has 1 rings (SSSR count). The van der Waals surface area contributed by atoms with Gasteiger partial charge in [0.2, 0.25) is 0 Å². The van der Waals surface area contributed by atoms with Gasteiger partial charge in [-0.15, -0.1) is 0 Å². The summed E-state index contributed by atoms with van der Waals surface area (Å²) in [6.45, 7) is 7.64. The van der Waals surface area contributed by atoms with E-state index in [4.69, 9.17) is 9.47 Å².